The molecule has 6 heteroatoms. The van der Waals surface area contributed by atoms with Gasteiger partial charge in [-0.15, -0.1) is 0 Å². The minimum Gasteiger partial charge on any atom is -0.455 e. The van der Waals surface area contributed by atoms with E-state index in [9.17, 15) is 14.4 Å². The second-order valence-electron chi connectivity index (χ2n) is 8.07. The number of para-hydroxylation sites is 1. The van der Waals surface area contributed by atoms with Gasteiger partial charge in [-0.3, -0.25) is 9.59 Å². The first-order chi connectivity index (χ1) is 15.0. The van der Waals surface area contributed by atoms with Crippen LogP contribution in [0.1, 0.15) is 35.7 Å². The molecule has 0 aliphatic carbocycles. The Kier molecular flexibility index (Phi) is 5.89. The van der Waals surface area contributed by atoms with Crippen LogP contribution in [0.5, 0.6) is 0 Å². The normalized spacial score (nSPS) is 14.6. The lowest BCUT2D eigenvalue weighted by atomic mass is 9.99. The van der Waals surface area contributed by atoms with Gasteiger partial charge in [-0.25, -0.2) is 4.79 Å². The molecular weight excluding hydrogens is 394 g/mol. The van der Waals surface area contributed by atoms with E-state index in [0.717, 1.165) is 18.4 Å². The molecule has 0 radical (unpaired) electrons. The highest BCUT2D eigenvalue weighted by Gasteiger charge is 2.23. The molecule has 1 aliphatic rings. The molecular formula is C25H25NO5. The van der Waals surface area contributed by atoms with Gasteiger partial charge in [-0.05, 0) is 37.8 Å². The number of amides is 1. The minimum atomic E-state index is -0.685. The first-order valence-electron chi connectivity index (χ1n) is 10.5. The summed E-state index contributed by atoms with van der Waals surface area (Å²) in [5.74, 6) is 0.127. The van der Waals surface area contributed by atoms with Gasteiger partial charge in [0.2, 0.25) is 0 Å². The van der Waals surface area contributed by atoms with E-state index in [1.807, 2.05) is 30.3 Å². The van der Waals surface area contributed by atoms with Gasteiger partial charge in [0, 0.05) is 24.2 Å². The highest BCUT2D eigenvalue weighted by molar-refractivity contribution is 6.02. The molecule has 6 nitrogen and oxygen atoms in total. The van der Waals surface area contributed by atoms with Crippen LogP contribution in [0.25, 0.3) is 22.3 Å². The van der Waals surface area contributed by atoms with Gasteiger partial charge in [0.25, 0.3) is 5.91 Å². The van der Waals surface area contributed by atoms with Crippen molar-refractivity contribution < 1.29 is 18.7 Å². The van der Waals surface area contributed by atoms with E-state index < -0.39 is 5.97 Å². The van der Waals surface area contributed by atoms with E-state index in [0.29, 0.717) is 35.7 Å². The van der Waals surface area contributed by atoms with Crippen LogP contribution < -0.4 is 5.43 Å². The summed E-state index contributed by atoms with van der Waals surface area (Å²) in [6.45, 7) is 4.91. The summed E-state index contributed by atoms with van der Waals surface area (Å²) in [7, 11) is 0. The summed E-state index contributed by atoms with van der Waals surface area (Å²) in [6.07, 6.45) is 1.91. The molecule has 0 unspecified atom stereocenters. The second kappa shape index (κ2) is 8.76. The first kappa shape index (κ1) is 20.8. The quantitative estimate of drug-likeness (QED) is 0.593. The van der Waals surface area contributed by atoms with Crippen molar-refractivity contribution in [1.82, 2.24) is 4.90 Å². The summed E-state index contributed by atoms with van der Waals surface area (Å²) in [5.41, 5.74) is 1.32. The van der Waals surface area contributed by atoms with Gasteiger partial charge >= 0.3 is 5.97 Å². The zero-order valence-electron chi connectivity index (χ0n) is 17.7. The fourth-order valence-corrected chi connectivity index (χ4v) is 3.89. The Hall–Kier alpha value is -3.41. The molecule has 1 amide bonds. The average molecular weight is 419 g/mol. The Bertz CT molecular complexity index is 1170. The van der Waals surface area contributed by atoms with E-state index >= 15 is 0 Å². The molecule has 0 bridgehead atoms. The lowest BCUT2D eigenvalue weighted by molar-refractivity contribution is -0.135. The number of carbonyl (C=O) groups is 2. The Morgan fingerprint density at radius 3 is 2.48 bits per heavy atom. The van der Waals surface area contributed by atoms with E-state index in [1.54, 1.807) is 30.0 Å². The van der Waals surface area contributed by atoms with Crippen molar-refractivity contribution in [3.8, 4) is 11.3 Å². The lowest BCUT2D eigenvalue weighted by Crippen LogP contribution is -2.40. The molecule has 4 rings (SSSR count). The van der Waals surface area contributed by atoms with Crippen LogP contribution in [0.15, 0.2) is 57.7 Å². The van der Waals surface area contributed by atoms with Crippen LogP contribution in [-0.2, 0) is 9.53 Å². The smallest absolute Gasteiger partial charge is 0.342 e. The van der Waals surface area contributed by atoms with Gasteiger partial charge in [0.15, 0.2) is 17.6 Å². The Morgan fingerprint density at radius 1 is 1.06 bits per heavy atom. The molecule has 2 heterocycles. The van der Waals surface area contributed by atoms with E-state index in [4.69, 9.17) is 9.15 Å². The third kappa shape index (κ3) is 4.24. The maximum atomic E-state index is 12.9. The van der Waals surface area contributed by atoms with Gasteiger partial charge in [-0.1, -0.05) is 43.3 Å². The third-order valence-corrected chi connectivity index (χ3v) is 5.86. The van der Waals surface area contributed by atoms with Crippen molar-refractivity contribution in [3.05, 3.63) is 69.9 Å². The van der Waals surface area contributed by atoms with Crippen LogP contribution >= 0.6 is 0 Å². The highest BCUT2D eigenvalue weighted by atomic mass is 16.5. The number of piperidine rings is 1. The van der Waals surface area contributed by atoms with Crippen molar-refractivity contribution in [2.75, 3.05) is 19.7 Å². The summed E-state index contributed by atoms with van der Waals surface area (Å²) in [4.78, 5) is 39.9. The van der Waals surface area contributed by atoms with E-state index in [-0.39, 0.29) is 29.1 Å². The largest absolute Gasteiger partial charge is 0.455 e. The Labute approximate surface area is 180 Å². The zero-order valence-corrected chi connectivity index (χ0v) is 17.7. The molecule has 1 saturated heterocycles. The van der Waals surface area contributed by atoms with Crippen LogP contribution in [0.3, 0.4) is 0 Å². The number of hydrogen-bond acceptors (Lipinski definition) is 5. The SMILES string of the molecule is Cc1c(-c2ccccc2)oc2c(C(=O)OCC(=O)N3CCC(C)CC3)cccc2c1=O. The number of benzene rings is 2. The Morgan fingerprint density at radius 2 is 1.77 bits per heavy atom. The predicted octanol–water partition coefficient (Wildman–Crippen LogP) is 4.18. The number of likely N-dealkylation sites (tertiary alicyclic amines) is 1. The first-order valence-corrected chi connectivity index (χ1v) is 10.5. The molecule has 2 aromatic carbocycles. The van der Waals surface area contributed by atoms with Gasteiger partial charge < -0.3 is 14.1 Å². The summed E-state index contributed by atoms with van der Waals surface area (Å²) >= 11 is 0. The fraction of sp³-hybridized carbons (Fsp3) is 0.320. The van der Waals surface area contributed by atoms with Crippen molar-refractivity contribution in [2.45, 2.75) is 26.7 Å². The molecule has 3 aromatic rings. The maximum absolute atomic E-state index is 12.9. The second-order valence-corrected chi connectivity index (χ2v) is 8.07. The van der Waals surface area contributed by atoms with Crippen LogP contribution in [-0.4, -0.2) is 36.5 Å². The third-order valence-electron chi connectivity index (χ3n) is 5.86. The number of fused-ring (bicyclic) bond motifs is 1. The maximum Gasteiger partial charge on any atom is 0.342 e. The zero-order chi connectivity index (χ0) is 22.0. The number of ether oxygens (including phenoxy) is 1. The predicted molar refractivity (Wildman–Crippen MR) is 118 cm³/mol. The molecule has 0 spiro atoms. The van der Waals surface area contributed by atoms with E-state index in [2.05, 4.69) is 6.92 Å². The highest BCUT2D eigenvalue weighted by Crippen LogP contribution is 2.27. The van der Waals surface area contributed by atoms with Crippen LogP contribution in [0, 0.1) is 12.8 Å². The number of rotatable bonds is 4. The standard InChI is InChI=1S/C25H25NO5/c1-16-11-13-26(14-12-16)21(27)15-30-25(29)20-10-6-9-19-22(28)17(2)23(31-24(19)20)18-7-4-3-5-8-18/h3-10,16H,11-15H2,1-2H3. The molecule has 1 aliphatic heterocycles. The van der Waals surface area contributed by atoms with Crippen molar-refractivity contribution in [1.29, 1.82) is 0 Å². The summed E-state index contributed by atoms with van der Waals surface area (Å²) < 4.78 is 11.4. The number of esters is 1. The topological polar surface area (TPSA) is 76.8 Å². The van der Waals surface area contributed by atoms with Gasteiger partial charge in [0.1, 0.15) is 11.3 Å². The van der Waals surface area contributed by atoms with Crippen LogP contribution in [0.2, 0.25) is 0 Å². The molecule has 1 aromatic heterocycles. The average Bonchev–Trinajstić information content (AvgIpc) is 2.80. The van der Waals surface area contributed by atoms with Crippen molar-refractivity contribution >= 4 is 22.8 Å². The van der Waals surface area contributed by atoms with Gasteiger partial charge in [0.05, 0.1) is 5.39 Å². The summed E-state index contributed by atoms with van der Waals surface area (Å²) in [6, 6.07) is 14.1. The molecule has 0 atom stereocenters. The van der Waals surface area contributed by atoms with Crippen LogP contribution in [0.4, 0.5) is 0 Å². The lowest BCUT2D eigenvalue weighted by Gasteiger charge is -2.30. The molecule has 0 saturated carbocycles. The molecule has 31 heavy (non-hydrogen) atoms. The monoisotopic (exact) mass is 419 g/mol. The number of carbonyl (C=O) groups excluding carboxylic acids is 2. The van der Waals surface area contributed by atoms with Crippen molar-refractivity contribution in [2.24, 2.45) is 5.92 Å². The fourth-order valence-electron chi connectivity index (χ4n) is 3.89. The van der Waals surface area contributed by atoms with Crippen molar-refractivity contribution in [3.63, 3.8) is 0 Å². The molecule has 1 fully saturated rings. The molecule has 160 valence electrons. The molecule has 0 N–H and O–H groups in total. The Balaban J connectivity index is 1.61. The minimum absolute atomic E-state index is 0.131. The number of hydrogen-bond donors (Lipinski definition) is 0. The van der Waals surface area contributed by atoms with E-state index in [1.165, 1.54) is 0 Å². The number of nitrogens with zero attached hydrogens (tertiary/aromatic N) is 1. The summed E-state index contributed by atoms with van der Waals surface area (Å²) in [5, 5.41) is 0.308. The van der Waals surface area contributed by atoms with Gasteiger partial charge in [-0.2, -0.15) is 0 Å².